The molecule has 1 aliphatic heterocycles. The van der Waals surface area contributed by atoms with Crippen LogP contribution < -0.4 is 0 Å². The zero-order valence-electron chi connectivity index (χ0n) is 10.5. The van der Waals surface area contributed by atoms with Crippen LogP contribution in [0.25, 0.3) is 0 Å². The van der Waals surface area contributed by atoms with Crippen LogP contribution in [-0.2, 0) is 18.3 Å². The molecule has 0 radical (unpaired) electrons. The summed E-state index contributed by atoms with van der Waals surface area (Å²) in [5.74, 6) is 1.43. The molecule has 5 nitrogen and oxygen atoms in total. The van der Waals surface area contributed by atoms with Gasteiger partial charge in [-0.25, -0.2) is 0 Å². The highest BCUT2D eigenvalue weighted by molar-refractivity contribution is 7.57. The van der Waals surface area contributed by atoms with E-state index in [9.17, 15) is 9.67 Å². The van der Waals surface area contributed by atoms with Gasteiger partial charge in [-0.05, 0) is 19.9 Å². The highest BCUT2D eigenvalue weighted by Crippen LogP contribution is 2.49. The van der Waals surface area contributed by atoms with Crippen LogP contribution >= 0.6 is 7.60 Å². The van der Waals surface area contributed by atoms with Crippen molar-refractivity contribution in [3.63, 3.8) is 0 Å². The Bertz CT molecular complexity index is 289. The van der Waals surface area contributed by atoms with E-state index in [1.807, 2.05) is 7.85 Å². The van der Waals surface area contributed by atoms with Crippen LogP contribution in [0.2, 0.25) is 0 Å². The molecular weight excluding hydrogens is 242 g/mol. The van der Waals surface area contributed by atoms with Gasteiger partial charge in [-0.15, -0.1) is 0 Å². The Kier molecular flexibility index (Phi) is 5.90. The maximum absolute atomic E-state index is 12.1. The summed E-state index contributed by atoms with van der Waals surface area (Å²) in [7, 11) is -1.34. The maximum atomic E-state index is 12.1. The minimum absolute atomic E-state index is 0.191. The summed E-state index contributed by atoms with van der Waals surface area (Å²) in [6, 6.07) is -0.191. The first-order valence-electron chi connectivity index (χ1n) is 5.92. The van der Waals surface area contributed by atoms with E-state index in [1.54, 1.807) is 19.9 Å². The summed E-state index contributed by atoms with van der Waals surface area (Å²) >= 11 is 0. The van der Waals surface area contributed by atoms with Crippen LogP contribution in [0.15, 0.2) is 11.9 Å². The van der Waals surface area contributed by atoms with Gasteiger partial charge in [-0.3, -0.25) is 4.57 Å². The van der Waals surface area contributed by atoms with Gasteiger partial charge in [0.25, 0.3) is 0 Å². The first kappa shape index (κ1) is 14.9. The van der Waals surface area contributed by atoms with E-state index in [0.29, 0.717) is 19.6 Å². The predicted octanol–water partition coefficient (Wildman–Crippen LogP) is 0.875. The second kappa shape index (κ2) is 6.71. The van der Waals surface area contributed by atoms with Crippen molar-refractivity contribution in [3.05, 3.63) is 11.9 Å². The van der Waals surface area contributed by atoms with E-state index in [1.165, 1.54) is 5.82 Å². The van der Waals surface area contributed by atoms with Gasteiger partial charge in [0, 0.05) is 12.2 Å². The summed E-state index contributed by atoms with van der Waals surface area (Å²) in [6.45, 7) is 4.17. The molecule has 1 N–H and O–H groups in total. The molecule has 0 unspecified atom stereocenters. The molecule has 1 saturated heterocycles. The lowest BCUT2D eigenvalue weighted by Crippen LogP contribution is -2.20. The van der Waals surface area contributed by atoms with Gasteiger partial charge in [0.2, 0.25) is 0 Å². The third-order valence-electron chi connectivity index (χ3n) is 2.51. The second-order valence-electron chi connectivity index (χ2n) is 3.90. The quantitative estimate of drug-likeness (QED) is 0.568. The average molecular weight is 262 g/mol. The maximum Gasteiger partial charge on any atom is 0.353 e. The first-order chi connectivity index (χ1) is 8.00. The molecule has 7 heteroatoms. The van der Waals surface area contributed by atoms with Crippen molar-refractivity contribution in [2.24, 2.45) is 0 Å². The Morgan fingerprint density at radius 2 is 2.06 bits per heavy atom. The molecule has 0 aromatic carbocycles. The molecule has 1 aliphatic rings. The van der Waals surface area contributed by atoms with Gasteiger partial charge in [0.15, 0.2) is 0 Å². The van der Waals surface area contributed by atoms with Crippen molar-refractivity contribution in [1.82, 2.24) is 0 Å². The molecule has 0 spiro atoms. The summed E-state index contributed by atoms with van der Waals surface area (Å²) in [4.78, 5) is 0. The van der Waals surface area contributed by atoms with E-state index < -0.39 is 13.7 Å². The SMILES string of the molecule is B[C@@H]1O[C@H](/C=C/P(=O)(OCC)OCC)C[C@@H]1O. The molecular formula is C10H20BO5P. The Morgan fingerprint density at radius 3 is 2.47 bits per heavy atom. The Morgan fingerprint density at radius 1 is 1.47 bits per heavy atom. The highest BCUT2D eigenvalue weighted by Gasteiger charge is 2.29. The summed E-state index contributed by atoms with van der Waals surface area (Å²) in [5.41, 5.74) is 0. The van der Waals surface area contributed by atoms with Crippen molar-refractivity contribution in [2.75, 3.05) is 13.2 Å². The van der Waals surface area contributed by atoms with Crippen LogP contribution in [0.3, 0.4) is 0 Å². The standard InChI is InChI=1S/C10H20BO5P/c1-3-14-17(13,15-4-2)6-5-8-7-9(12)10(11)16-8/h5-6,8-10,12H,3-4,7,11H2,1-2H3/b6-5+/t8-,9+,10-/m1/s1. The number of rotatable bonds is 6. The first-order valence-corrected chi connectivity index (χ1v) is 7.53. The van der Waals surface area contributed by atoms with Crippen LogP contribution in [0, 0.1) is 0 Å². The molecule has 17 heavy (non-hydrogen) atoms. The fraction of sp³-hybridized carbons (Fsp3) is 0.800. The molecule has 3 atom stereocenters. The summed E-state index contributed by atoms with van der Waals surface area (Å²) < 4.78 is 27.8. The summed E-state index contributed by atoms with van der Waals surface area (Å²) in [6.07, 6.45) is 1.46. The minimum atomic E-state index is -3.15. The second-order valence-corrected chi connectivity index (χ2v) is 5.79. The number of hydrogen-bond donors (Lipinski definition) is 1. The molecule has 1 rings (SSSR count). The van der Waals surface area contributed by atoms with Crippen LogP contribution in [-0.4, -0.2) is 44.4 Å². The Labute approximate surface area is 103 Å². The molecule has 1 heterocycles. The lowest BCUT2D eigenvalue weighted by molar-refractivity contribution is 0.0774. The lowest BCUT2D eigenvalue weighted by atomic mass is 9.94. The van der Waals surface area contributed by atoms with Crippen molar-refractivity contribution < 1.29 is 23.5 Å². The van der Waals surface area contributed by atoms with Gasteiger partial charge in [-0.2, -0.15) is 0 Å². The van der Waals surface area contributed by atoms with E-state index in [0.717, 1.165) is 0 Å². The van der Waals surface area contributed by atoms with Crippen LogP contribution in [0.1, 0.15) is 20.3 Å². The van der Waals surface area contributed by atoms with Crippen LogP contribution in [0.5, 0.6) is 0 Å². The van der Waals surface area contributed by atoms with E-state index >= 15 is 0 Å². The molecule has 0 saturated carbocycles. The Hall–Kier alpha value is -0.125. The van der Waals surface area contributed by atoms with Gasteiger partial charge in [-0.1, -0.05) is 0 Å². The number of aliphatic hydroxyl groups is 1. The zero-order chi connectivity index (χ0) is 12.9. The zero-order valence-corrected chi connectivity index (χ0v) is 11.4. The average Bonchev–Trinajstić information content (AvgIpc) is 2.57. The highest BCUT2D eigenvalue weighted by atomic mass is 31.2. The van der Waals surface area contributed by atoms with Crippen molar-refractivity contribution in [1.29, 1.82) is 0 Å². The Balaban J connectivity index is 2.58. The molecule has 0 aromatic heterocycles. The third-order valence-corrected chi connectivity index (χ3v) is 4.28. The third kappa shape index (κ3) is 4.56. The fourth-order valence-corrected chi connectivity index (χ4v) is 3.03. The van der Waals surface area contributed by atoms with Crippen molar-refractivity contribution in [2.45, 2.75) is 38.5 Å². The molecule has 0 bridgehead atoms. The predicted molar refractivity (Wildman–Crippen MR) is 67.8 cm³/mol. The molecule has 0 aromatic rings. The smallest absolute Gasteiger partial charge is 0.353 e. The molecule has 0 amide bonds. The van der Waals surface area contributed by atoms with E-state index in [2.05, 4.69) is 0 Å². The van der Waals surface area contributed by atoms with Gasteiger partial charge < -0.3 is 18.9 Å². The minimum Gasteiger partial charge on any atom is -0.391 e. The molecule has 98 valence electrons. The number of ether oxygens (including phenoxy) is 1. The topological polar surface area (TPSA) is 65.0 Å². The number of aliphatic hydroxyl groups excluding tert-OH is 1. The van der Waals surface area contributed by atoms with E-state index in [-0.39, 0.29) is 12.1 Å². The largest absolute Gasteiger partial charge is 0.391 e. The number of hydrogen-bond acceptors (Lipinski definition) is 5. The molecule has 1 fully saturated rings. The van der Waals surface area contributed by atoms with Crippen molar-refractivity contribution >= 4 is 15.4 Å². The van der Waals surface area contributed by atoms with Gasteiger partial charge in [0.1, 0.15) is 7.85 Å². The lowest BCUT2D eigenvalue weighted by Gasteiger charge is -2.13. The van der Waals surface area contributed by atoms with Crippen molar-refractivity contribution in [3.8, 4) is 0 Å². The molecule has 0 aliphatic carbocycles. The normalized spacial score (nSPS) is 30.2. The van der Waals surface area contributed by atoms with Crippen LogP contribution in [0.4, 0.5) is 0 Å². The van der Waals surface area contributed by atoms with Gasteiger partial charge in [0.05, 0.1) is 31.4 Å². The fourth-order valence-electron chi connectivity index (χ4n) is 1.66. The summed E-state index contributed by atoms with van der Waals surface area (Å²) in [5, 5.41) is 9.51. The van der Waals surface area contributed by atoms with E-state index in [4.69, 9.17) is 13.8 Å². The monoisotopic (exact) mass is 262 g/mol. The van der Waals surface area contributed by atoms with Gasteiger partial charge >= 0.3 is 7.60 Å².